The minimum Gasteiger partial charge on any atom is -0.444 e. The van der Waals surface area contributed by atoms with Crippen LogP contribution in [0.4, 0.5) is 18.0 Å². The van der Waals surface area contributed by atoms with Crippen molar-refractivity contribution < 1.29 is 32.3 Å². The van der Waals surface area contributed by atoms with Crippen molar-refractivity contribution in [3.8, 4) is 6.07 Å². The van der Waals surface area contributed by atoms with Crippen molar-refractivity contribution in [2.24, 2.45) is 22.7 Å². The van der Waals surface area contributed by atoms with Gasteiger partial charge >= 0.3 is 12.3 Å². The summed E-state index contributed by atoms with van der Waals surface area (Å²) in [6.45, 7) is 14.6. The molecular formula is C27H36F3N5O4. The van der Waals surface area contributed by atoms with Gasteiger partial charge in [0, 0.05) is 24.5 Å². The van der Waals surface area contributed by atoms with E-state index in [9.17, 15) is 32.8 Å². The highest BCUT2D eigenvalue weighted by atomic mass is 19.4. The molecule has 1 aromatic heterocycles. The Morgan fingerprint density at radius 3 is 2.26 bits per heavy atom. The number of nitriles is 1. The van der Waals surface area contributed by atoms with E-state index in [1.54, 1.807) is 41.5 Å². The van der Waals surface area contributed by atoms with Crippen LogP contribution in [0.2, 0.25) is 0 Å². The molecule has 2 fully saturated rings. The minimum absolute atomic E-state index is 0.00936. The molecule has 2 N–H and O–H groups in total. The molecule has 1 aliphatic carbocycles. The van der Waals surface area contributed by atoms with Crippen LogP contribution < -0.4 is 10.6 Å². The summed E-state index contributed by atoms with van der Waals surface area (Å²) >= 11 is 0. The number of alkyl carbamates (subject to hydrolysis) is 1. The molecule has 0 aromatic carbocycles. The first-order valence-electron chi connectivity index (χ1n) is 12.7. The average Bonchev–Trinajstić information content (AvgIpc) is 3.12. The number of fused-ring (bicyclic) bond motifs is 1. The number of ether oxygens (including phenoxy) is 1. The molecule has 0 spiro atoms. The van der Waals surface area contributed by atoms with Gasteiger partial charge in [-0.15, -0.1) is 0 Å². The van der Waals surface area contributed by atoms with Gasteiger partial charge in [0.1, 0.15) is 23.7 Å². The number of nitrogens with one attached hydrogen (secondary N) is 2. The van der Waals surface area contributed by atoms with Crippen molar-refractivity contribution in [1.29, 1.82) is 5.26 Å². The van der Waals surface area contributed by atoms with Crippen molar-refractivity contribution in [1.82, 2.24) is 20.5 Å². The zero-order valence-corrected chi connectivity index (χ0v) is 23.4. The molecule has 3 amide bonds. The number of hydrogen-bond donors (Lipinski definition) is 2. The van der Waals surface area contributed by atoms with Gasteiger partial charge in [0.25, 0.3) is 0 Å². The normalized spacial score (nSPS) is 23.6. The molecule has 2 aliphatic rings. The number of aromatic nitrogens is 1. The number of rotatable bonds is 5. The second kappa shape index (κ2) is 9.99. The van der Waals surface area contributed by atoms with Gasteiger partial charge in [-0.05, 0) is 49.5 Å². The number of likely N-dealkylation sites (tertiary alicyclic amines) is 1. The zero-order valence-electron chi connectivity index (χ0n) is 23.4. The molecule has 9 nitrogen and oxygen atoms in total. The number of carbonyl (C=O) groups is 3. The Morgan fingerprint density at radius 1 is 1.13 bits per heavy atom. The van der Waals surface area contributed by atoms with Crippen LogP contribution in [-0.4, -0.2) is 52.0 Å². The first kappa shape index (κ1) is 30.2. The average molecular weight is 552 g/mol. The lowest BCUT2D eigenvalue weighted by molar-refractivity contribution is -0.144. The van der Waals surface area contributed by atoms with Crippen LogP contribution in [0.1, 0.15) is 72.6 Å². The first-order valence-corrected chi connectivity index (χ1v) is 12.7. The Bertz CT molecular complexity index is 1180. The van der Waals surface area contributed by atoms with Crippen LogP contribution in [0.3, 0.4) is 0 Å². The monoisotopic (exact) mass is 551 g/mol. The Labute approximate surface area is 226 Å². The maximum absolute atomic E-state index is 13.8. The zero-order chi connectivity index (χ0) is 29.7. The number of nitrogens with zero attached hydrogens (tertiary/aromatic N) is 3. The van der Waals surface area contributed by atoms with Gasteiger partial charge in [-0.25, -0.2) is 4.79 Å². The van der Waals surface area contributed by atoms with E-state index in [0.717, 1.165) is 12.3 Å². The molecule has 1 saturated carbocycles. The number of piperidine rings is 1. The number of halogens is 3. The lowest BCUT2D eigenvalue weighted by atomic mass is 9.85. The van der Waals surface area contributed by atoms with Crippen LogP contribution in [0, 0.1) is 34.0 Å². The number of pyridine rings is 1. The third-order valence-electron chi connectivity index (χ3n) is 7.37. The van der Waals surface area contributed by atoms with Crippen LogP contribution in [0.25, 0.3) is 0 Å². The van der Waals surface area contributed by atoms with Crippen molar-refractivity contribution in [3.05, 3.63) is 29.6 Å². The van der Waals surface area contributed by atoms with Gasteiger partial charge in [0.2, 0.25) is 11.8 Å². The highest BCUT2D eigenvalue weighted by Gasteiger charge is 2.69. The fourth-order valence-corrected chi connectivity index (χ4v) is 5.24. The van der Waals surface area contributed by atoms with Crippen molar-refractivity contribution in [2.45, 2.75) is 85.3 Å². The fourth-order valence-electron chi connectivity index (χ4n) is 5.24. The molecular weight excluding hydrogens is 515 g/mol. The topological polar surface area (TPSA) is 124 Å². The fraction of sp³-hybridized carbons (Fsp3) is 0.667. The van der Waals surface area contributed by atoms with E-state index in [1.165, 1.54) is 4.90 Å². The van der Waals surface area contributed by atoms with E-state index >= 15 is 0 Å². The third-order valence-corrected chi connectivity index (χ3v) is 7.37. The summed E-state index contributed by atoms with van der Waals surface area (Å²) < 4.78 is 44.9. The van der Waals surface area contributed by atoms with E-state index in [4.69, 9.17) is 4.74 Å². The molecule has 2 heterocycles. The van der Waals surface area contributed by atoms with Crippen LogP contribution in [-0.2, 0) is 20.5 Å². The molecule has 1 aromatic rings. The molecule has 1 unspecified atom stereocenters. The molecule has 1 saturated heterocycles. The summed E-state index contributed by atoms with van der Waals surface area (Å²) in [4.78, 5) is 45.0. The summed E-state index contributed by atoms with van der Waals surface area (Å²) in [5, 5.41) is 14.9. The minimum atomic E-state index is -4.67. The van der Waals surface area contributed by atoms with Crippen LogP contribution >= 0.6 is 0 Å². The smallest absolute Gasteiger partial charge is 0.417 e. The van der Waals surface area contributed by atoms with Crippen molar-refractivity contribution >= 4 is 17.9 Å². The second-order valence-corrected chi connectivity index (χ2v) is 12.9. The molecule has 12 heteroatoms. The second-order valence-electron chi connectivity index (χ2n) is 12.9. The summed E-state index contributed by atoms with van der Waals surface area (Å²) in [6, 6.07) is -0.823. The number of alkyl halides is 3. The van der Waals surface area contributed by atoms with Gasteiger partial charge in [-0.2, -0.15) is 18.4 Å². The maximum Gasteiger partial charge on any atom is 0.417 e. The van der Waals surface area contributed by atoms with Gasteiger partial charge in [-0.1, -0.05) is 34.6 Å². The Kier molecular flexibility index (Phi) is 7.73. The lowest BCUT2D eigenvalue weighted by Gasteiger charge is -2.38. The number of carbonyl (C=O) groups excluding carboxylic acids is 3. The molecule has 0 radical (unpaired) electrons. The molecule has 214 valence electrons. The van der Waals surface area contributed by atoms with Crippen LogP contribution in [0.5, 0.6) is 0 Å². The number of hydrogen-bond acceptors (Lipinski definition) is 6. The molecule has 39 heavy (non-hydrogen) atoms. The predicted octanol–water partition coefficient (Wildman–Crippen LogP) is 4.20. The molecule has 1 aliphatic heterocycles. The van der Waals surface area contributed by atoms with E-state index in [2.05, 4.69) is 15.6 Å². The third kappa shape index (κ3) is 6.45. The van der Waals surface area contributed by atoms with Gasteiger partial charge in [0.15, 0.2) is 0 Å². The molecule has 5 atom stereocenters. The van der Waals surface area contributed by atoms with Gasteiger partial charge in [-0.3, -0.25) is 14.6 Å². The first-order chi connectivity index (χ1) is 17.7. The highest BCUT2D eigenvalue weighted by Crippen LogP contribution is 2.65. The van der Waals surface area contributed by atoms with Gasteiger partial charge < -0.3 is 20.3 Å². The summed E-state index contributed by atoms with van der Waals surface area (Å²) in [5.41, 5.74) is -2.95. The quantitative estimate of drug-likeness (QED) is 0.565. The van der Waals surface area contributed by atoms with Gasteiger partial charge in [0.05, 0.1) is 11.6 Å². The summed E-state index contributed by atoms with van der Waals surface area (Å²) in [6.07, 6.45) is -3.72. The van der Waals surface area contributed by atoms with E-state index in [-0.39, 0.29) is 29.4 Å². The Morgan fingerprint density at radius 2 is 1.74 bits per heavy atom. The van der Waals surface area contributed by atoms with Crippen LogP contribution in [0.15, 0.2) is 18.5 Å². The molecule has 3 rings (SSSR count). The Hall–Kier alpha value is -3.36. The van der Waals surface area contributed by atoms with E-state index in [0.29, 0.717) is 6.20 Å². The standard InChI is InChI=1S/C27H36F3N5O4/c1-24(2,3)20(34-23(38)39-25(4,5)6)22(37)35-13-16-18(26(16,7)8)19(35)21(36)33-17(10-31)14-9-15(12-32-11-14)27(28,29)30/h9,11-12,16-20H,13H2,1-8H3,(H,33,36)(H,34,38)/t16-,17?,18-,19-,20+/m0/s1. The number of amides is 3. The highest BCUT2D eigenvalue weighted by molar-refractivity contribution is 5.93. The SMILES string of the molecule is CC(C)(C)OC(=O)N[C@H](C(=O)N1C[C@H]2[C@@H]([C@H]1C(=O)NC(C#N)c1cncc(C(F)(F)F)c1)C2(C)C)C(C)(C)C. The largest absolute Gasteiger partial charge is 0.444 e. The maximum atomic E-state index is 13.8. The van der Waals surface area contributed by atoms with Crippen molar-refractivity contribution in [3.63, 3.8) is 0 Å². The Balaban J connectivity index is 1.87. The van der Waals surface area contributed by atoms with E-state index in [1.807, 2.05) is 19.9 Å². The van der Waals surface area contributed by atoms with Crippen molar-refractivity contribution in [2.75, 3.05) is 6.54 Å². The predicted molar refractivity (Wildman–Crippen MR) is 135 cm³/mol. The summed E-state index contributed by atoms with van der Waals surface area (Å²) in [5.74, 6) is -1.35. The van der Waals surface area contributed by atoms with E-state index < -0.39 is 58.8 Å². The summed E-state index contributed by atoms with van der Waals surface area (Å²) in [7, 11) is 0. The lowest BCUT2D eigenvalue weighted by Crippen LogP contribution is -2.59. The molecule has 0 bridgehead atoms.